The van der Waals surface area contributed by atoms with Crippen LogP contribution in [0.2, 0.25) is 5.02 Å². The second-order valence-electron chi connectivity index (χ2n) is 5.58. The maximum atomic E-state index is 12.1. The van der Waals surface area contributed by atoms with Crippen molar-refractivity contribution in [2.45, 2.75) is 26.2 Å². The zero-order valence-corrected chi connectivity index (χ0v) is 13.4. The van der Waals surface area contributed by atoms with Gasteiger partial charge in [0, 0.05) is 12.2 Å². The summed E-state index contributed by atoms with van der Waals surface area (Å²) in [5.74, 6) is 1.40. The van der Waals surface area contributed by atoms with Gasteiger partial charge in [-0.2, -0.15) is 0 Å². The molecule has 0 saturated heterocycles. The van der Waals surface area contributed by atoms with Crippen LogP contribution in [0, 0.1) is 5.92 Å². The Hall–Kier alpha value is -1.26. The van der Waals surface area contributed by atoms with Gasteiger partial charge in [-0.05, 0) is 49.9 Å². The van der Waals surface area contributed by atoms with Crippen LogP contribution in [-0.4, -0.2) is 37.6 Å². The highest BCUT2D eigenvalue weighted by Gasteiger charge is 2.24. The van der Waals surface area contributed by atoms with Gasteiger partial charge < -0.3 is 10.1 Å². The number of hydrogen-bond donors (Lipinski definition) is 1. The predicted octanol–water partition coefficient (Wildman–Crippen LogP) is 3.41. The highest BCUT2D eigenvalue weighted by Crippen LogP contribution is 2.30. The highest BCUT2D eigenvalue weighted by atomic mass is 35.5. The lowest BCUT2D eigenvalue weighted by atomic mass is 10.3. The van der Waals surface area contributed by atoms with Crippen molar-refractivity contribution in [3.63, 3.8) is 0 Å². The first-order valence-electron chi connectivity index (χ1n) is 7.48. The number of hydrogen-bond acceptors (Lipinski definition) is 3. The van der Waals surface area contributed by atoms with Gasteiger partial charge >= 0.3 is 0 Å². The van der Waals surface area contributed by atoms with Crippen LogP contribution in [0.15, 0.2) is 18.2 Å². The normalized spacial score (nSPS) is 14.3. The summed E-state index contributed by atoms with van der Waals surface area (Å²) in [4.78, 5) is 14.4. The van der Waals surface area contributed by atoms with Crippen LogP contribution in [0.3, 0.4) is 0 Å². The van der Waals surface area contributed by atoms with Crippen LogP contribution >= 0.6 is 11.6 Å². The van der Waals surface area contributed by atoms with Crippen molar-refractivity contribution in [3.05, 3.63) is 23.2 Å². The van der Waals surface area contributed by atoms with Crippen molar-refractivity contribution in [2.75, 3.05) is 32.1 Å². The minimum Gasteiger partial charge on any atom is -0.495 e. The van der Waals surface area contributed by atoms with Gasteiger partial charge in [0.05, 0.1) is 18.7 Å². The Balaban J connectivity index is 1.88. The molecule has 1 aliphatic carbocycles. The Bertz CT molecular complexity index is 489. The molecule has 4 nitrogen and oxygen atoms in total. The van der Waals surface area contributed by atoms with E-state index in [4.69, 9.17) is 16.3 Å². The van der Waals surface area contributed by atoms with Gasteiger partial charge in [0.25, 0.3) is 0 Å². The maximum absolute atomic E-state index is 12.1. The Morgan fingerprint density at radius 3 is 2.81 bits per heavy atom. The number of carbonyl (C=O) groups is 1. The number of nitrogens with zero attached hydrogens (tertiary/aromatic N) is 1. The van der Waals surface area contributed by atoms with Gasteiger partial charge in [-0.1, -0.05) is 18.5 Å². The average Bonchev–Trinajstić information content (AvgIpc) is 3.23. The Kier molecular flexibility index (Phi) is 5.88. The SMILES string of the molecule is CCCN(CC(=O)Nc1ccc(OC)c(Cl)c1)CC1CC1. The lowest BCUT2D eigenvalue weighted by Gasteiger charge is -2.20. The fourth-order valence-corrected chi connectivity index (χ4v) is 2.62. The third-order valence-corrected chi connectivity index (χ3v) is 3.85. The molecule has 0 bridgehead atoms. The number of amides is 1. The first-order valence-corrected chi connectivity index (χ1v) is 7.86. The number of ether oxygens (including phenoxy) is 1. The van der Waals surface area contributed by atoms with Crippen LogP contribution in [-0.2, 0) is 4.79 Å². The summed E-state index contributed by atoms with van der Waals surface area (Å²) >= 11 is 6.06. The molecule has 1 aromatic rings. The molecule has 1 N–H and O–H groups in total. The van der Waals surface area contributed by atoms with Gasteiger partial charge in [0.1, 0.15) is 5.75 Å². The minimum absolute atomic E-state index is 0.00494. The van der Waals surface area contributed by atoms with Crippen molar-refractivity contribution in [2.24, 2.45) is 5.92 Å². The summed E-state index contributed by atoms with van der Waals surface area (Å²) in [5, 5.41) is 3.39. The van der Waals surface area contributed by atoms with Gasteiger partial charge in [-0.3, -0.25) is 9.69 Å². The van der Waals surface area contributed by atoms with Crippen molar-refractivity contribution < 1.29 is 9.53 Å². The lowest BCUT2D eigenvalue weighted by Crippen LogP contribution is -2.35. The molecule has 0 aromatic heterocycles. The Labute approximate surface area is 131 Å². The number of rotatable bonds is 8. The molecular weight excluding hydrogens is 288 g/mol. The molecule has 1 aromatic carbocycles. The maximum Gasteiger partial charge on any atom is 0.238 e. The zero-order valence-electron chi connectivity index (χ0n) is 12.7. The fraction of sp³-hybridized carbons (Fsp3) is 0.562. The van der Waals surface area contributed by atoms with Crippen LogP contribution in [0.4, 0.5) is 5.69 Å². The van der Waals surface area contributed by atoms with E-state index in [-0.39, 0.29) is 5.91 Å². The summed E-state index contributed by atoms with van der Waals surface area (Å²) in [7, 11) is 1.57. The molecule has 0 unspecified atom stereocenters. The molecule has 21 heavy (non-hydrogen) atoms. The van der Waals surface area contributed by atoms with E-state index in [9.17, 15) is 4.79 Å². The van der Waals surface area contributed by atoms with Crippen LogP contribution in [0.1, 0.15) is 26.2 Å². The number of carbonyl (C=O) groups excluding carboxylic acids is 1. The standard InChI is InChI=1S/C16H23ClN2O2/c1-3-8-19(10-12-4-5-12)11-16(20)18-13-6-7-15(21-2)14(17)9-13/h6-7,9,12H,3-5,8,10-11H2,1-2H3,(H,18,20). The van der Waals surface area contributed by atoms with E-state index in [1.807, 2.05) is 0 Å². The number of nitrogens with one attached hydrogen (secondary N) is 1. The number of anilines is 1. The summed E-state index contributed by atoms with van der Waals surface area (Å²) in [6.45, 7) is 4.58. The predicted molar refractivity (Wildman–Crippen MR) is 86.1 cm³/mol. The van der Waals surface area contributed by atoms with Gasteiger partial charge in [-0.25, -0.2) is 0 Å². The van der Waals surface area contributed by atoms with E-state index < -0.39 is 0 Å². The minimum atomic E-state index is 0.00494. The monoisotopic (exact) mass is 310 g/mol. The number of halogens is 1. The first-order chi connectivity index (χ1) is 10.1. The van der Waals surface area contributed by atoms with E-state index in [0.717, 1.165) is 25.4 Å². The fourth-order valence-electron chi connectivity index (χ4n) is 2.36. The summed E-state index contributed by atoms with van der Waals surface area (Å²) in [6.07, 6.45) is 3.67. The summed E-state index contributed by atoms with van der Waals surface area (Å²) in [6, 6.07) is 5.27. The van der Waals surface area contributed by atoms with Crippen molar-refractivity contribution >= 4 is 23.2 Å². The number of benzene rings is 1. The molecule has 0 spiro atoms. The topological polar surface area (TPSA) is 41.6 Å². The smallest absolute Gasteiger partial charge is 0.238 e. The van der Waals surface area contributed by atoms with Gasteiger partial charge in [0.2, 0.25) is 5.91 Å². The molecular formula is C16H23ClN2O2. The zero-order chi connectivity index (χ0) is 15.2. The van der Waals surface area contributed by atoms with Crippen LogP contribution < -0.4 is 10.1 Å². The van der Waals surface area contributed by atoms with Crippen LogP contribution in [0.25, 0.3) is 0 Å². The van der Waals surface area contributed by atoms with Crippen LogP contribution in [0.5, 0.6) is 5.75 Å². The van der Waals surface area contributed by atoms with E-state index in [0.29, 0.717) is 23.0 Å². The van der Waals surface area contributed by atoms with Gasteiger partial charge in [-0.15, -0.1) is 0 Å². The molecule has 1 amide bonds. The largest absolute Gasteiger partial charge is 0.495 e. The molecule has 5 heteroatoms. The van der Waals surface area contributed by atoms with Crippen molar-refractivity contribution in [1.29, 1.82) is 0 Å². The quantitative estimate of drug-likeness (QED) is 0.800. The summed E-state index contributed by atoms with van der Waals surface area (Å²) < 4.78 is 5.10. The van der Waals surface area contributed by atoms with Gasteiger partial charge in [0.15, 0.2) is 0 Å². The summed E-state index contributed by atoms with van der Waals surface area (Å²) in [5.41, 5.74) is 0.702. The van der Waals surface area contributed by atoms with Crippen molar-refractivity contribution in [1.82, 2.24) is 4.90 Å². The third-order valence-electron chi connectivity index (χ3n) is 3.56. The first kappa shape index (κ1) is 16.1. The van der Waals surface area contributed by atoms with E-state index in [1.54, 1.807) is 25.3 Å². The molecule has 1 fully saturated rings. The second-order valence-corrected chi connectivity index (χ2v) is 5.98. The van der Waals surface area contributed by atoms with E-state index in [1.165, 1.54) is 12.8 Å². The molecule has 0 heterocycles. The Morgan fingerprint density at radius 2 is 2.24 bits per heavy atom. The average molecular weight is 311 g/mol. The molecule has 0 radical (unpaired) electrons. The Morgan fingerprint density at radius 1 is 1.48 bits per heavy atom. The van der Waals surface area contributed by atoms with E-state index >= 15 is 0 Å². The molecule has 116 valence electrons. The molecule has 0 aliphatic heterocycles. The number of methoxy groups -OCH3 is 1. The second kappa shape index (κ2) is 7.66. The van der Waals surface area contributed by atoms with E-state index in [2.05, 4.69) is 17.1 Å². The highest BCUT2D eigenvalue weighted by molar-refractivity contribution is 6.32. The van der Waals surface area contributed by atoms with Crippen molar-refractivity contribution in [3.8, 4) is 5.75 Å². The molecule has 1 saturated carbocycles. The molecule has 1 aliphatic rings. The molecule has 0 atom stereocenters. The molecule has 2 rings (SSSR count). The third kappa shape index (κ3) is 5.21. The lowest BCUT2D eigenvalue weighted by molar-refractivity contribution is -0.117.